The van der Waals surface area contributed by atoms with Crippen molar-refractivity contribution in [1.29, 1.82) is 5.26 Å². The number of hydrogen-bond acceptors (Lipinski definition) is 6. The van der Waals surface area contributed by atoms with Crippen LogP contribution in [-0.4, -0.2) is 30.8 Å². The Kier molecular flexibility index (Phi) is 7.43. The number of rotatable bonds is 8. The van der Waals surface area contributed by atoms with E-state index >= 15 is 0 Å². The monoisotopic (exact) mass is 328 g/mol. The summed E-state index contributed by atoms with van der Waals surface area (Å²) in [7, 11) is 0. The fraction of sp³-hybridized carbons (Fsp3) is 0.385. The molecule has 1 N–H and O–H groups in total. The summed E-state index contributed by atoms with van der Waals surface area (Å²) < 4.78 is 5.23. The van der Waals surface area contributed by atoms with Gasteiger partial charge in [0.15, 0.2) is 12.4 Å². The van der Waals surface area contributed by atoms with Gasteiger partial charge in [-0.05, 0) is 12.1 Å². The van der Waals surface area contributed by atoms with Gasteiger partial charge in [-0.15, -0.1) is 11.3 Å². The van der Waals surface area contributed by atoms with Gasteiger partial charge in [0.05, 0.1) is 28.1 Å². The topological polar surface area (TPSA) is 96.3 Å². The molecule has 0 radical (unpaired) electrons. The molecule has 0 aliphatic carbocycles. The molecule has 0 aromatic carbocycles. The Hall–Kier alpha value is -1.91. The van der Waals surface area contributed by atoms with Gasteiger partial charge < -0.3 is 10.1 Å². The fourth-order valence-electron chi connectivity index (χ4n) is 1.33. The van der Waals surface area contributed by atoms with E-state index in [-0.39, 0.29) is 31.6 Å². The molecule has 1 amide bonds. The summed E-state index contributed by atoms with van der Waals surface area (Å²) in [6.45, 7) is -0.201. The number of hydrogen-bond donors (Lipinski definition) is 1. The minimum absolute atomic E-state index is 0.00568. The summed E-state index contributed by atoms with van der Waals surface area (Å²) in [5, 5.41) is 10.7. The molecule has 1 aromatic heterocycles. The Morgan fingerprint density at radius 1 is 1.33 bits per heavy atom. The van der Waals surface area contributed by atoms with Crippen molar-refractivity contribution in [1.82, 2.24) is 5.32 Å². The summed E-state index contributed by atoms with van der Waals surface area (Å²) in [6, 6.07) is 5.08. The van der Waals surface area contributed by atoms with E-state index in [2.05, 4.69) is 5.32 Å². The van der Waals surface area contributed by atoms with Crippen molar-refractivity contribution in [2.24, 2.45) is 0 Å². The van der Waals surface area contributed by atoms with Gasteiger partial charge in [0.1, 0.15) is 0 Å². The van der Waals surface area contributed by atoms with E-state index in [0.29, 0.717) is 9.21 Å². The highest BCUT2D eigenvalue weighted by atomic mass is 35.5. The number of thiophene rings is 1. The molecule has 0 saturated heterocycles. The first-order valence-electron chi connectivity index (χ1n) is 6.10. The van der Waals surface area contributed by atoms with Crippen LogP contribution in [0.2, 0.25) is 4.34 Å². The lowest BCUT2D eigenvalue weighted by Crippen LogP contribution is -2.29. The van der Waals surface area contributed by atoms with Crippen molar-refractivity contribution in [3.05, 3.63) is 21.3 Å². The number of halogens is 1. The van der Waals surface area contributed by atoms with E-state index < -0.39 is 18.5 Å². The highest BCUT2D eigenvalue weighted by Gasteiger charge is 2.13. The summed E-state index contributed by atoms with van der Waals surface area (Å²) in [5.41, 5.74) is 0. The molecule has 8 heteroatoms. The number of carbonyl (C=O) groups excluding carboxylic acids is 3. The Balaban J connectivity index is 2.21. The number of ketones is 1. The van der Waals surface area contributed by atoms with Gasteiger partial charge in [0.2, 0.25) is 0 Å². The van der Waals surface area contributed by atoms with Gasteiger partial charge >= 0.3 is 5.97 Å². The number of nitrogens with one attached hydrogen (secondary N) is 1. The van der Waals surface area contributed by atoms with Crippen LogP contribution in [0.3, 0.4) is 0 Å². The molecular formula is C13H13ClN2O4S. The molecular weight excluding hydrogens is 316 g/mol. The SMILES string of the molecule is N#CCCNC(=O)COC(=O)CCC(=O)c1ccc(Cl)s1. The quantitative estimate of drug-likeness (QED) is 0.447. The minimum atomic E-state index is -0.624. The summed E-state index contributed by atoms with van der Waals surface area (Å²) in [6.07, 6.45) is 0.100. The molecule has 6 nitrogen and oxygen atoms in total. The van der Waals surface area contributed by atoms with Crippen molar-refractivity contribution >= 4 is 40.6 Å². The van der Waals surface area contributed by atoms with Crippen LogP contribution < -0.4 is 5.32 Å². The zero-order chi connectivity index (χ0) is 15.7. The summed E-state index contributed by atoms with van der Waals surface area (Å²) in [5.74, 6) is -1.29. The lowest BCUT2D eigenvalue weighted by molar-refractivity contribution is -0.148. The van der Waals surface area contributed by atoms with Gasteiger partial charge in [-0.1, -0.05) is 11.6 Å². The summed E-state index contributed by atoms with van der Waals surface area (Å²) >= 11 is 6.86. The van der Waals surface area contributed by atoms with Crippen molar-refractivity contribution in [2.75, 3.05) is 13.2 Å². The number of esters is 1. The largest absolute Gasteiger partial charge is 0.456 e. The number of carbonyl (C=O) groups is 3. The highest BCUT2D eigenvalue weighted by Crippen LogP contribution is 2.22. The zero-order valence-electron chi connectivity index (χ0n) is 11.1. The zero-order valence-corrected chi connectivity index (χ0v) is 12.6. The maximum atomic E-state index is 11.7. The van der Waals surface area contributed by atoms with Crippen molar-refractivity contribution in [3.8, 4) is 6.07 Å². The smallest absolute Gasteiger partial charge is 0.306 e. The van der Waals surface area contributed by atoms with E-state index in [4.69, 9.17) is 21.6 Å². The van der Waals surface area contributed by atoms with Crippen LogP contribution in [0, 0.1) is 11.3 Å². The molecule has 1 rings (SSSR count). The fourth-order valence-corrected chi connectivity index (χ4v) is 2.34. The Labute approximate surface area is 130 Å². The molecule has 0 unspecified atom stereocenters. The van der Waals surface area contributed by atoms with E-state index in [0.717, 1.165) is 11.3 Å². The Morgan fingerprint density at radius 3 is 2.71 bits per heavy atom. The van der Waals surface area contributed by atoms with E-state index in [1.54, 1.807) is 12.1 Å². The number of amides is 1. The molecule has 0 saturated carbocycles. The predicted octanol–water partition coefficient (Wildman–Crippen LogP) is 1.94. The first kappa shape index (κ1) is 17.1. The number of nitrogens with zero attached hydrogens (tertiary/aromatic N) is 1. The Morgan fingerprint density at radius 2 is 2.10 bits per heavy atom. The third-order valence-electron chi connectivity index (χ3n) is 2.33. The average molecular weight is 329 g/mol. The maximum absolute atomic E-state index is 11.7. The number of nitriles is 1. The second kappa shape index (κ2) is 9.10. The number of Topliss-reactive ketones (excluding diaryl/α,β-unsaturated/α-hetero) is 1. The van der Waals surface area contributed by atoms with Crippen LogP contribution in [0.25, 0.3) is 0 Å². The molecule has 0 aliphatic heterocycles. The van der Waals surface area contributed by atoms with Gasteiger partial charge in [0, 0.05) is 13.0 Å². The van der Waals surface area contributed by atoms with Crippen molar-refractivity contribution in [3.63, 3.8) is 0 Å². The average Bonchev–Trinajstić information content (AvgIpc) is 2.89. The minimum Gasteiger partial charge on any atom is -0.456 e. The molecule has 1 aromatic rings. The maximum Gasteiger partial charge on any atom is 0.306 e. The molecule has 0 fully saturated rings. The normalized spacial score (nSPS) is 9.71. The van der Waals surface area contributed by atoms with E-state index in [9.17, 15) is 14.4 Å². The molecule has 0 atom stereocenters. The molecule has 1 heterocycles. The third-order valence-corrected chi connectivity index (χ3v) is 3.60. The first-order chi connectivity index (χ1) is 10.0. The standard InChI is InChI=1S/C13H13ClN2O4S/c14-11-4-3-10(21-11)9(17)2-5-13(19)20-8-12(18)16-7-1-6-15/h3-4H,1-2,5,7-8H2,(H,16,18). The first-order valence-corrected chi connectivity index (χ1v) is 7.30. The van der Waals surface area contributed by atoms with Crippen molar-refractivity contribution < 1.29 is 19.1 Å². The van der Waals surface area contributed by atoms with Crippen LogP contribution in [0.15, 0.2) is 12.1 Å². The van der Waals surface area contributed by atoms with E-state index in [1.165, 1.54) is 0 Å². The van der Waals surface area contributed by atoms with Gasteiger partial charge in [0.25, 0.3) is 5.91 Å². The van der Waals surface area contributed by atoms with Gasteiger partial charge in [-0.3, -0.25) is 14.4 Å². The van der Waals surface area contributed by atoms with E-state index in [1.807, 2.05) is 6.07 Å². The lowest BCUT2D eigenvalue weighted by atomic mass is 10.2. The predicted molar refractivity (Wildman–Crippen MR) is 77.1 cm³/mol. The Bertz CT molecular complexity index is 565. The van der Waals surface area contributed by atoms with Gasteiger partial charge in [-0.2, -0.15) is 5.26 Å². The molecule has 0 bridgehead atoms. The summed E-state index contributed by atoms with van der Waals surface area (Å²) in [4.78, 5) is 34.8. The second-order valence-corrected chi connectivity index (χ2v) is 5.66. The molecule has 0 aliphatic rings. The van der Waals surface area contributed by atoms with Crippen LogP contribution in [-0.2, 0) is 14.3 Å². The van der Waals surface area contributed by atoms with Crippen LogP contribution in [0.1, 0.15) is 28.9 Å². The van der Waals surface area contributed by atoms with Crippen LogP contribution >= 0.6 is 22.9 Å². The molecule has 112 valence electrons. The molecule has 21 heavy (non-hydrogen) atoms. The molecule has 0 spiro atoms. The highest BCUT2D eigenvalue weighted by molar-refractivity contribution is 7.18. The second-order valence-electron chi connectivity index (χ2n) is 3.95. The lowest BCUT2D eigenvalue weighted by Gasteiger charge is -2.04. The number of ether oxygens (including phenoxy) is 1. The van der Waals surface area contributed by atoms with Crippen LogP contribution in [0.4, 0.5) is 0 Å². The third kappa shape index (κ3) is 6.88. The van der Waals surface area contributed by atoms with Crippen molar-refractivity contribution in [2.45, 2.75) is 19.3 Å². The van der Waals surface area contributed by atoms with Crippen LogP contribution in [0.5, 0.6) is 0 Å². The van der Waals surface area contributed by atoms with Gasteiger partial charge in [-0.25, -0.2) is 0 Å².